The van der Waals surface area contributed by atoms with Crippen LogP contribution in [0.25, 0.3) is 0 Å². The highest BCUT2D eigenvalue weighted by atomic mass is 16.5. The molecular formula is C18H21N3O2. The van der Waals surface area contributed by atoms with Crippen LogP contribution in [0, 0.1) is 6.92 Å². The van der Waals surface area contributed by atoms with Crippen LogP contribution in [0.1, 0.15) is 24.0 Å². The van der Waals surface area contributed by atoms with Crippen LogP contribution in [-0.2, 0) is 16.1 Å². The highest BCUT2D eigenvalue weighted by Crippen LogP contribution is 2.16. The predicted molar refractivity (Wildman–Crippen MR) is 90.3 cm³/mol. The van der Waals surface area contributed by atoms with Gasteiger partial charge in [-0.25, -0.2) is 4.98 Å². The minimum absolute atomic E-state index is 0.0928. The number of benzene rings is 1. The van der Waals surface area contributed by atoms with Crippen LogP contribution >= 0.6 is 0 Å². The standard InChI is InChI=1S/C18H21N3O2/c1-13-4-2-5-14(10-13)11-19-17-8-7-15(12-20-17)21-18(22)16-6-3-9-23-16/h2,4-5,7-8,10,12,16H,3,6,9,11H2,1H3,(H,19,20)(H,21,22). The molecule has 0 bridgehead atoms. The molecule has 2 heterocycles. The number of amides is 1. The van der Waals surface area contributed by atoms with Gasteiger partial charge in [0.25, 0.3) is 5.91 Å². The molecule has 0 aliphatic carbocycles. The number of hydrogen-bond acceptors (Lipinski definition) is 4. The van der Waals surface area contributed by atoms with Crippen molar-refractivity contribution in [3.63, 3.8) is 0 Å². The molecule has 0 spiro atoms. The molecule has 1 fully saturated rings. The van der Waals surface area contributed by atoms with Crippen LogP contribution in [-0.4, -0.2) is 23.6 Å². The Hall–Kier alpha value is -2.40. The molecule has 23 heavy (non-hydrogen) atoms. The maximum atomic E-state index is 12.0. The van der Waals surface area contributed by atoms with Gasteiger partial charge in [-0.15, -0.1) is 0 Å². The number of nitrogens with one attached hydrogen (secondary N) is 2. The fourth-order valence-corrected chi connectivity index (χ4v) is 2.59. The predicted octanol–water partition coefficient (Wildman–Crippen LogP) is 3.12. The first kappa shape index (κ1) is 15.5. The number of carbonyl (C=O) groups excluding carboxylic acids is 1. The summed E-state index contributed by atoms with van der Waals surface area (Å²) in [5, 5.41) is 6.11. The zero-order valence-corrected chi connectivity index (χ0v) is 13.2. The van der Waals surface area contributed by atoms with E-state index in [1.54, 1.807) is 6.20 Å². The van der Waals surface area contributed by atoms with Crippen molar-refractivity contribution in [1.82, 2.24) is 4.98 Å². The molecule has 0 radical (unpaired) electrons. The highest BCUT2D eigenvalue weighted by molar-refractivity contribution is 5.94. The molecule has 1 amide bonds. The molecule has 0 saturated carbocycles. The van der Waals surface area contributed by atoms with Gasteiger partial charge < -0.3 is 15.4 Å². The topological polar surface area (TPSA) is 63.2 Å². The normalized spacial score (nSPS) is 17.0. The Morgan fingerprint density at radius 3 is 2.96 bits per heavy atom. The molecule has 1 saturated heterocycles. The van der Waals surface area contributed by atoms with Crippen LogP contribution in [0.3, 0.4) is 0 Å². The number of hydrogen-bond donors (Lipinski definition) is 2. The van der Waals surface area contributed by atoms with Crippen LogP contribution < -0.4 is 10.6 Å². The van der Waals surface area contributed by atoms with Gasteiger partial charge in [-0.1, -0.05) is 29.8 Å². The van der Waals surface area contributed by atoms with E-state index >= 15 is 0 Å². The van der Waals surface area contributed by atoms with E-state index in [1.165, 1.54) is 11.1 Å². The fraction of sp³-hybridized carbons (Fsp3) is 0.333. The van der Waals surface area contributed by atoms with Crippen molar-refractivity contribution in [1.29, 1.82) is 0 Å². The Balaban J connectivity index is 1.53. The van der Waals surface area contributed by atoms with Crippen molar-refractivity contribution >= 4 is 17.4 Å². The van der Waals surface area contributed by atoms with Gasteiger partial charge >= 0.3 is 0 Å². The first-order valence-electron chi connectivity index (χ1n) is 7.89. The average Bonchev–Trinajstić information content (AvgIpc) is 3.09. The zero-order valence-electron chi connectivity index (χ0n) is 13.2. The minimum Gasteiger partial charge on any atom is -0.368 e. The van der Waals surface area contributed by atoms with E-state index in [4.69, 9.17) is 4.74 Å². The minimum atomic E-state index is -0.325. The Labute approximate surface area is 136 Å². The summed E-state index contributed by atoms with van der Waals surface area (Å²) in [6.45, 7) is 3.46. The van der Waals surface area contributed by atoms with Gasteiger partial charge in [-0.3, -0.25) is 4.79 Å². The van der Waals surface area contributed by atoms with E-state index in [0.29, 0.717) is 12.3 Å². The number of anilines is 2. The first-order chi connectivity index (χ1) is 11.2. The fourth-order valence-electron chi connectivity index (χ4n) is 2.59. The summed E-state index contributed by atoms with van der Waals surface area (Å²) in [5.41, 5.74) is 3.14. The van der Waals surface area contributed by atoms with E-state index in [9.17, 15) is 4.79 Å². The first-order valence-corrected chi connectivity index (χ1v) is 7.89. The second kappa shape index (κ2) is 7.24. The number of pyridine rings is 1. The molecule has 3 rings (SSSR count). The van der Waals surface area contributed by atoms with Crippen molar-refractivity contribution in [3.8, 4) is 0 Å². The van der Waals surface area contributed by atoms with Crippen LogP contribution in [0.5, 0.6) is 0 Å². The average molecular weight is 311 g/mol. The van der Waals surface area contributed by atoms with E-state index in [-0.39, 0.29) is 12.0 Å². The summed E-state index contributed by atoms with van der Waals surface area (Å²) < 4.78 is 5.36. The van der Waals surface area contributed by atoms with E-state index in [1.807, 2.05) is 18.2 Å². The Morgan fingerprint density at radius 1 is 1.35 bits per heavy atom. The van der Waals surface area contributed by atoms with Crippen molar-refractivity contribution in [2.24, 2.45) is 0 Å². The number of aryl methyl sites for hydroxylation is 1. The monoisotopic (exact) mass is 311 g/mol. The van der Waals surface area contributed by atoms with Crippen LogP contribution in [0.4, 0.5) is 11.5 Å². The van der Waals surface area contributed by atoms with E-state index in [0.717, 1.165) is 25.2 Å². The molecule has 1 aromatic heterocycles. The maximum absolute atomic E-state index is 12.0. The Kier molecular flexibility index (Phi) is 4.88. The summed E-state index contributed by atoms with van der Waals surface area (Å²) >= 11 is 0. The lowest BCUT2D eigenvalue weighted by Gasteiger charge is -2.11. The number of nitrogens with zero attached hydrogens (tertiary/aromatic N) is 1. The van der Waals surface area contributed by atoms with Crippen LogP contribution in [0.2, 0.25) is 0 Å². The van der Waals surface area contributed by atoms with Crippen molar-refractivity contribution in [3.05, 3.63) is 53.7 Å². The third-order valence-electron chi connectivity index (χ3n) is 3.81. The molecule has 2 aromatic rings. The molecule has 1 aliphatic rings. The molecule has 1 atom stereocenters. The van der Waals surface area contributed by atoms with Gasteiger partial charge in [-0.2, -0.15) is 0 Å². The second-order valence-electron chi connectivity index (χ2n) is 5.77. The maximum Gasteiger partial charge on any atom is 0.253 e. The summed E-state index contributed by atoms with van der Waals surface area (Å²) in [5.74, 6) is 0.686. The zero-order chi connectivity index (χ0) is 16.1. The lowest BCUT2D eigenvalue weighted by Crippen LogP contribution is -2.26. The summed E-state index contributed by atoms with van der Waals surface area (Å²) in [6, 6.07) is 12.1. The van der Waals surface area contributed by atoms with Gasteiger partial charge in [0.2, 0.25) is 0 Å². The third kappa shape index (κ3) is 4.29. The van der Waals surface area contributed by atoms with Gasteiger partial charge in [0.1, 0.15) is 11.9 Å². The lowest BCUT2D eigenvalue weighted by molar-refractivity contribution is -0.124. The van der Waals surface area contributed by atoms with Gasteiger partial charge in [0, 0.05) is 13.2 Å². The van der Waals surface area contributed by atoms with Crippen LogP contribution in [0.15, 0.2) is 42.6 Å². The number of aromatic nitrogens is 1. The SMILES string of the molecule is Cc1cccc(CNc2ccc(NC(=O)C3CCCO3)cn2)c1. The highest BCUT2D eigenvalue weighted by Gasteiger charge is 2.23. The van der Waals surface area contributed by atoms with Crippen molar-refractivity contribution in [2.45, 2.75) is 32.4 Å². The number of rotatable bonds is 5. The summed E-state index contributed by atoms with van der Waals surface area (Å²) in [6.07, 6.45) is 3.06. The largest absolute Gasteiger partial charge is 0.368 e. The smallest absolute Gasteiger partial charge is 0.253 e. The quantitative estimate of drug-likeness (QED) is 0.890. The Morgan fingerprint density at radius 2 is 2.26 bits per heavy atom. The Bertz CT molecular complexity index is 664. The van der Waals surface area contributed by atoms with E-state index < -0.39 is 0 Å². The molecule has 120 valence electrons. The van der Waals surface area contributed by atoms with Gasteiger partial charge in [0.05, 0.1) is 11.9 Å². The van der Waals surface area contributed by atoms with Gasteiger partial charge in [-0.05, 0) is 37.5 Å². The molecular weight excluding hydrogens is 290 g/mol. The second-order valence-corrected chi connectivity index (χ2v) is 5.77. The number of carbonyl (C=O) groups is 1. The molecule has 1 aromatic carbocycles. The molecule has 5 nitrogen and oxygen atoms in total. The molecule has 5 heteroatoms. The van der Waals surface area contributed by atoms with Crippen molar-refractivity contribution < 1.29 is 9.53 Å². The summed E-state index contributed by atoms with van der Waals surface area (Å²) in [4.78, 5) is 16.3. The molecule has 1 unspecified atom stereocenters. The molecule has 1 aliphatic heterocycles. The van der Waals surface area contributed by atoms with Crippen molar-refractivity contribution in [2.75, 3.05) is 17.2 Å². The summed E-state index contributed by atoms with van der Waals surface area (Å²) in [7, 11) is 0. The van der Waals surface area contributed by atoms with Gasteiger partial charge in [0.15, 0.2) is 0 Å². The lowest BCUT2D eigenvalue weighted by atomic mass is 10.1. The molecule has 2 N–H and O–H groups in total. The third-order valence-corrected chi connectivity index (χ3v) is 3.81. The van der Waals surface area contributed by atoms with E-state index in [2.05, 4.69) is 40.7 Å². The number of ether oxygens (including phenoxy) is 1.